The lowest BCUT2D eigenvalue weighted by Crippen LogP contribution is -2.31. The Morgan fingerprint density at radius 3 is 2.20 bits per heavy atom. The number of benzene rings is 2. The number of hydrogen-bond acceptors (Lipinski definition) is 2. The predicted octanol–water partition coefficient (Wildman–Crippen LogP) is 3.94. The van der Waals surface area contributed by atoms with E-state index in [1.165, 1.54) is 46.2 Å². The van der Waals surface area contributed by atoms with Crippen molar-refractivity contribution in [1.29, 1.82) is 0 Å². The molecule has 0 aliphatic carbocycles. The maximum Gasteiger partial charge on any atom is 0.335 e. The molecule has 0 spiro atoms. The van der Waals surface area contributed by atoms with Gasteiger partial charge >= 0.3 is 12.0 Å². The molecule has 2 amide bonds. The molecular formula is C18H16F2N2O3. The summed E-state index contributed by atoms with van der Waals surface area (Å²) in [5.74, 6) is -4.00. The Morgan fingerprint density at radius 2 is 1.64 bits per heavy atom. The van der Waals surface area contributed by atoms with Crippen LogP contribution >= 0.6 is 0 Å². The lowest BCUT2D eigenvalue weighted by molar-refractivity contribution is 0.0175. The number of alkyl halides is 2. The number of halogens is 2. The molecule has 25 heavy (non-hydrogen) atoms. The molecule has 130 valence electrons. The minimum Gasteiger partial charge on any atom is -0.478 e. The average molecular weight is 346 g/mol. The fourth-order valence-electron chi connectivity index (χ4n) is 2.76. The number of hydrogen-bond donors (Lipinski definition) is 1. The summed E-state index contributed by atoms with van der Waals surface area (Å²) in [7, 11) is 0. The first-order chi connectivity index (χ1) is 11.8. The Hall–Kier alpha value is -2.96. The minimum atomic E-state index is -2.93. The smallest absolute Gasteiger partial charge is 0.335 e. The summed E-state index contributed by atoms with van der Waals surface area (Å²) in [5.41, 5.74) is 0.992. The van der Waals surface area contributed by atoms with E-state index in [1.54, 1.807) is 12.1 Å². The van der Waals surface area contributed by atoms with E-state index in [0.29, 0.717) is 24.5 Å². The Labute approximate surface area is 143 Å². The third-order valence-electron chi connectivity index (χ3n) is 4.10. The Morgan fingerprint density at radius 1 is 1.04 bits per heavy atom. The van der Waals surface area contributed by atoms with Gasteiger partial charge in [0.2, 0.25) is 0 Å². The Kier molecular flexibility index (Phi) is 4.16. The first-order valence-corrected chi connectivity index (χ1v) is 7.68. The van der Waals surface area contributed by atoms with E-state index in [9.17, 15) is 18.4 Å². The lowest BCUT2D eigenvalue weighted by Gasteiger charge is -2.20. The fourth-order valence-corrected chi connectivity index (χ4v) is 2.76. The summed E-state index contributed by atoms with van der Waals surface area (Å²) in [4.78, 5) is 26.6. The first-order valence-electron chi connectivity index (χ1n) is 7.68. The standard InChI is InChI=1S/C18H16F2N2O3/c1-18(19,20)13-5-7-14(8-6-13)21-9-10-22(17(21)25)15-4-2-3-12(11-15)16(23)24/h2-8,11H,9-10H2,1H3,(H,23,24). The number of urea groups is 1. The van der Waals surface area contributed by atoms with E-state index >= 15 is 0 Å². The number of carboxylic acid groups (broad SMARTS) is 1. The van der Waals surface area contributed by atoms with Crippen molar-refractivity contribution in [1.82, 2.24) is 0 Å². The van der Waals surface area contributed by atoms with Crippen molar-refractivity contribution >= 4 is 23.4 Å². The van der Waals surface area contributed by atoms with Gasteiger partial charge in [0.25, 0.3) is 5.92 Å². The number of carbonyl (C=O) groups excluding carboxylic acids is 1. The molecule has 7 heteroatoms. The van der Waals surface area contributed by atoms with Gasteiger partial charge in [-0.25, -0.2) is 18.4 Å². The molecule has 2 aromatic rings. The Bertz CT molecular complexity index is 816. The second-order valence-corrected chi connectivity index (χ2v) is 5.88. The normalized spacial score (nSPS) is 14.9. The molecular weight excluding hydrogens is 330 g/mol. The average Bonchev–Trinajstić information content (AvgIpc) is 2.96. The molecule has 0 atom stereocenters. The quantitative estimate of drug-likeness (QED) is 0.912. The molecule has 1 heterocycles. The summed E-state index contributed by atoms with van der Waals surface area (Å²) in [5, 5.41) is 9.06. The Balaban J connectivity index is 1.82. The van der Waals surface area contributed by atoms with Crippen molar-refractivity contribution in [2.24, 2.45) is 0 Å². The SMILES string of the molecule is CC(F)(F)c1ccc(N2CCN(c3cccc(C(=O)O)c3)C2=O)cc1. The van der Waals surface area contributed by atoms with Crippen LogP contribution in [-0.2, 0) is 5.92 Å². The van der Waals surface area contributed by atoms with Gasteiger partial charge in [0.05, 0.1) is 5.56 Å². The molecule has 0 bridgehead atoms. The fraction of sp³-hybridized carbons (Fsp3) is 0.222. The van der Waals surface area contributed by atoms with Crippen LogP contribution in [0.25, 0.3) is 0 Å². The summed E-state index contributed by atoms with van der Waals surface area (Å²) < 4.78 is 26.6. The minimum absolute atomic E-state index is 0.0956. The van der Waals surface area contributed by atoms with E-state index in [0.717, 1.165) is 6.92 Å². The van der Waals surface area contributed by atoms with E-state index < -0.39 is 11.9 Å². The van der Waals surface area contributed by atoms with Crippen LogP contribution in [0.5, 0.6) is 0 Å². The number of amides is 2. The summed E-state index contributed by atoms with van der Waals surface area (Å²) in [6, 6.07) is 11.4. The van der Waals surface area contributed by atoms with E-state index in [4.69, 9.17) is 5.11 Å². The monoisotopic (exact) mass is 346 g/mol. The van der Waals surface area contributed by atoms with Crippen LogP contribution in [0.15, 0.2) is 48.5 Å². The van der Waals surface area contributed by atoms with Crippen molar-refractivity contribution in [2.75, 3.05) is 22.9 Å². The van der Waals surface area contributed by atoms with Gasteiger partial charge in [-0.05, 0) is 30.3 Å². The zero-order valence-corrected chi connectivity index (χ0v) is 13.4. The van der Waals surface area contributed by atoms with Crippen LogP contribution in [0.4, 0.5) is 25.0 Å². The molecule has 1 saturated heterocycles. The van der Waals surface area contributed by atoms with Gasteiger partial charge < -0.3 is 5.11 Å². The van der Waals surface area contributed by atoms with Gasteiger partial charge in [-0.1, -0.05) is 18.2 Å². The molecule has 0 unspecified atom stereocenters. The largest absolute Gasteiger partial charge is 0.478 e. The molecule has 1 fully saturated rings. The molecule has 5 nitrogen and oxygen atoms in total. The van der Waals surface area contributed by atoms with Crippen molar-refractivity contribution in [3.63, 3.8) is 0 Å². The third kappa shape index (κ3) is 3.31. The van der Waals surface area contributed by atoms with Crippen LogP contribution < -0.4 is 9.80 Å². The van der Waals surface area contributed by atoms with Gasteiger partial charge in [0.1, 0.15) is 0 Å². The zero-order valence-electron chi connectivity index (χ0n) is 13.4. The topological polar surface area (TPSA) is 60.9 Å². The maximum atomic E-state index is 13.3. The second-order valence-electron chi connectivity index (χ2n) is 5.88. The van der Waals surface area contributed by atoms with Crippen LogP contribution in [0.1, 0.15) is 22.8 Å². The van der Waals surface area contributed by atoms with Crippen LogP contribution in [0.2, 0.25) is 0 Å². The molecule has 0 aromatic heterocycles. The number of nitrogens with zero attached hydrogens (tertiary/aromatic N) is 2. The van der Waals surface area contributed by atoms with Gasteiger partial charge in [0.15, 0.2) is 0 Å². The number of carbonyl (C=O) groups is 2. The van der Waals surface area contributed by atoms with E-state index in [2.05, 4.69) is 0 Å². The van der Waals surface area contributed by atoms with Crippen LogP contribution in [0.3, 0.4) is 0 Å². The van der Waals surface area contributed by atoms with Crippen molar-refractivity contribution in [2.45, 2.75) is 12.8 Å². The highest BCUT2D eigenvalue weighted by Crippen LogP contribution is 2.30. The highest BCUT2D eigenvalue weighted by Gasteiger charge is 2.31. The summed E-state index contributed by atoms with van der Waals surface area (Å²) in [6.45, 7) is 1.59. The third-order valence-corrected chi connectivity index (χ3v) is 4.10. The van der Waals surface area contributed by atoms with Gasteiger partial charge in [0, 0.05) is 37.0 Å². The highest BCUT2D eigenvalue weighted by atomic mass is 19.3. The highest BCUT2D eigenvalue weighted by molar-refractivity contribution is 6.06. The second kappa shape index (κ2) is 6.16. The van der Waals surface area contributed by atoms with Gasteiger partial charge in [-0.2, -0.15) is 0 Å². The number of carboxylic acids is 1. The van der Waals surface area contributed by atoms with Gasteiger partial charge in [-0.3, -0.25) is 9.80 Å². The van der Waals surface area contributed by atoms with E-state index in [1.807, 2.05) is 0 Å². The number of rotatable bonds is 4. The van der Waals surface area contributed by atoms with Crippen molar-refractivity contribution in [3.05, 3.63) is 59.7 Å². The van der Waals surface area contributed by atoms with Crippen LogP contribution in [0, 0.1) is 0 Å². The molecule has 0 saturated carbocycles. The zero-order chi connectivity index (χ0) is 18.2. The molecule has 3 rings (SSSR count). The van der Waals surface area contributed by atoms with Gasteiger partial charge in [-0.15, -0.1) is 0 Å². The molecule has 1 N–H and O–H groups in total. The van der Waals surface area contributed by atoms with Crippen molar-refractivity contribution < 1.29 is 23.5 Å². The summed E-state index contributed by atoms with van der Waals surface area (Å²) >= 11 is 0. The first kappa shape index (κ1) is 16.9. The number of anilines is 2. The lowest BCUT2D eigenvalue weighted by atomic mass is 10.1. The molecule has 0 radical (unpaired) electrons. The molecule has 1 aliphatic heterocycles. The van der Waals surface area contributed by atoms with Crippen LogP contribution in [-0.4, -0.2) is 30.2 Å². The van der Waals surface area contributed by atoms with E-state index in [-0.39, 0.29) is 17.2 Å². The molecule has 2 aromatic carbocycles. The van der Waals surface area contributed by atoms with Crippen molar-refractivity contribution in [3.8, 4) is 0 Å². The maximum absolute atomic E-state index is 13.3. The predicted molar refractivity (Wildman–Crippen MR) is 89.5 cm³/mol. The summed E-state index contributed by atoms with van der Waals surface area (Å²) in [6.07, 6.45) is 0. The molecule has 1 aliphatic rings. The number of aromatic carboxylic acids is 1.